The van der Waals surface area contributed by atoms with Gasteiger partial charge in [-0.25, -0.2) is 14.4 Å². The van der Waals surface area contributed by atoms with Crippen molar-refractivity contribution in [1.29, 1.82) is 0 Å². The Kier molecular flexibility index (Phi) is 8.99. The van der Waals surface area contributed by atoms with E-state index in [-0.39, 0.29) is 36.7 Å². The monoisotopic (exact) mass is 398 g/mol. The van der Waals surface area contributed by atoms with Crippen molar-refractivity contribution in [1.82, 2.24) is 14.9 Å². The van der Waals surface area contributed by atoms with Gasteiger partial charge in [-0.3, -0.25) is 4.90 Å². The Hall–Kier alpha value is -1.69. The van der Waals surface area contributed by atoms with E-state index in [0.717, 1.165) is 42.8 Å². The van der Waals surface area contributed by atoms with Crippen LogP contribution in [0, 0.1) is 5.82 Å². The molecular formula is C19H25Cl2FN4. The minimum Gasteiger partial charge on any atom is -0.383 e. The van der Waals surface area contributed by atoms with Crippen molar-refractivity contribution in [2.24, 2.45) is 0 Å². The third-order valence-corrected chi connectivity index (χ3v) is 4.36. The highest BCUT2D eigenvalue weighted by Crippen LogP contribution is 2.30. The molecule has 0 amide bonds. The van der Waals surface area contributed by atoms with Crippen molar-refractivity contribution in [3.8, 4) is 0 Å². The molecule has 0 spiro atoms. The minimum absolute atomic E-state index is 0. The zero-order valence-corrected chi connectivity index (χ0v) is 16.4. The van der Waals surface area contributed by atoms with E-state index in [0.29, 0.717) is 12.4 Å². The summed E-state index contributed by atoms with van der Waals surface area (Å²) in [6.45, 7) is 3.61. The number of hydrogen-bond acceptors (Lipinski definition) is 4. The molecule has 1 aromatic carbocycles. The maximum atomic E-state index is 13.2. The Balaban J connectivity index is 0.00000169. The summed E-state index contributed by atoms with van der Waals surface area (Å²) in [7, 11) is 0. The van der Waals surface area contributed by atoms with Gasteiger partial charge in [-0.2, -0.15) is 0 Å². The summed E-state index contributed by atoms with van der Waals surface area (Å²) >= 11 is 0. The van der Waals surface area contributed by atoms with Crippen LogP contribution in [0.1, 0.15) is 42.8 Å². The molecule has 2 heterocycles. The zero-order valence-electron chi connectivity index (χ0n) is 14.8. The molecule has 4 nitrogen and oxygen atoms in total. The van der Waals surface area contributed by atoms with Crippen LogP contribution in [0.2, 0.25) is 0 Å². The maximum Gasteiger partial charge on any atom is 0.131 e. The lowest BCUT2D eigenvalue weighted by Crippen LogP contribution is -2.31. The molecule has 142 valence electrons. The Morgan fingerprint density at radius 3 is 2.58 bits per heavy atom. The first-order chi connectivity index (χ1) is 11.7. The van der Waals surface area contributed by atoms with Crippen LogP contribution in [0.25, 0.3) is 0 Å². The van der Waals surface area contributed by atoms with Crippen molar-refractivity contribution in [2.45, 2.75) is 38.8 Å². The van der Waals surface area contributed by atoms with E-state index in [1.165, 1.54) is 12.1 Å². The molecule has 0 radical (unpaired) electrons. The highest BCUT2D eigenvalue weighted by atomic mass is 35.5. The average Bonchev–Trinajstić information content (AvgIpc) is 2.59. The summed E-state index contributed by atoms with van der Waals surface area (Å²) in [6, 6.07) is 6.96. The maximum absolute atomic E-state index is 13.2. The van der Waals surface area contributed by atoms with Crippen molar-refractivity contribution in [2.75, 3.05) is 12.3 Å². The summed E-state index contributed by atoms with van der Waals surface area (Å²) in [6.07, 6.45) is 8.92. The first-order valence-corrected chi connectivity index (χ1v) is 8.42. The Morgan fingerprint density at radius 1 is 1.19 bits per heavy atom. The number of nitrogens with zero attached hydrogens (tertiary/aromatic N) is 3. The molecule has 26 heavy (non-hydrogen) atoms. The predicted octanol–water partition coefficient (Wildman–Crippen LogP) is 4.50. The Labute approximate surface area is 166 Å². The number of nitrogens with two attached hydrogens (primary N) is 1. The van der Waals surface area contributed by atoms with Crippen LogP contribution in [-0.4, -0.2) is 21.4 Å². The van der Waals surface area contributed by atoms with Crippen LogP contribution in [0.15, 0.2) is 42.6 Å². The molecule has 2 N–H and O–H groups in total. The number of anilines is 1. The molecule has 1 aromatic heterocycles. The minimum atomic E-state index is -0.208. The fourth-order valence-electron chi connectivity index (χ4n) is 3.06. The molecule has 3 rings (SSSR count). The third-order valence-electron chi connectivity index (χ3n) is 4.36. The standard InChI is InChI=1S/C19H23FN4.2ClH/c1-2-5-18-22-12-15(19(21)23-18)13-24-11-4-3-6-17(24)14-7-9-16(20)10-8-14;;/h3-4,7-10,12,17H,2,5-6,11,13H2,1H3,(H2,21,22,23);2*1H. The number of aryl methyl sites for hydroxylation is 1. The van der Waals surface area contributed by atoms with Crippen LogP contribution < -0.4 is 5.73 Å². The summed E-state index contributed by atoms with van der Waals surface area (Å²) in [5.41, 5.74) is 8.18. The zero-order chi connectivity index (χ0) is 16.9. The van der Waals surface area contributed by atoms with Crippen LogP contribution in [0.4, 0.5) is 10.2 Å². The van der Waals surface area contributed by atoms with Gasteiger partial charge in [0.05, 0.1) is 0 Å². The summed E-state index contributed by atoms with van der Waals surface area (Å²) in [4.78, 5) is 11.2. The van der Waals surface area contributed by atoms with Gasteiger partial charge in [0.15, 0.2) is 0 Å². The number of halogens is 3. The number of hydrogen-bond donors (Lipinski definition) is 1. The van der Waals surface area contributed by atoms with E-state index in [1.807, 2.05) is 18.3 Å². The van der Waals surface area contributed by atoms with Gasteiger partial charge in [0, 0.05) is 37.3 Å². The summed E-state index contributed by atoms with van der Waals surface area (Å²) < 4.78 is 13.2. The fourth-order valence-corrected chi connectivity index (χ4v) is 3.06. The smallest absolute Gasteiger partial charge is 0.131 e. The SMILES string of the molecule is CCCc1ncc(CN2CC=CCC2c2ccc(F)cc2)c(N)n1.Cl.Cl. The van der Waals surface area contributed by atoms with Crippen LogP contribution in [0.3, 0.4) is 0 Å². The van der Waals surface area contributed by atoms with Crippen molar-refractivity contribution in [3.05, 3.63) is 65.4 Å². The second-order valence-corrected chi connectivity index (χ2v) is 6.15. The highest BCUT2D eigenvalue weighted by Gasteiger charge is 2.22. The fraction of sp³-hybridized carbons (Fsp3) is 0.368. The number of benzene rings is 1. The number of rotatable bonds is 5. The van der Waals surface area contributed by atoms with Gasteiger partial charge in [0.25, 0.3) is 0 Å². The van der Waals surface area contributed by atoms with Gasteiger partial charge in [-0.1, -0.05) is 31.2 Å². The summed E-state index contributed by atoms with van der Waals surface area (Å²) in [5, 5.41) is 0. The quantitative estimate of drug-likeness (QED) is 0.753. The molecule has 1 atom stereocenters. The lowest BCUT2D eigenvalue weighted by Gasteiger charge is -2.33. The second kappa shape index (κ2) is 10.5. The Bertz CT molecular complexity index is 722. The lowest BCUT2D eigenvalue weighted by atomic mass is 9.98. The van der Waals surface area contributed by atoms with E-state index in [1.54, 1.807) is 0 Å². The topological polar surface area (TPSA) is 55.0 Å². The van der Waals surface area contributed by atoms with E-state index >= 15 is 0 Å². The first kappa shape index (κ1) is 22.4. The molecule has 0 saturated carbocycles. The predicted molar refractivity (Wildman–Crippen MR) is 108 cm³/mol. The van der Waals surface area contributed by atoms with E-state index in [2.05, 4.69) is 33.9 Å². The van der Waals surface area contributed by atoms with Gasteiger partial charge in [0.1, 0.15) is 17.5 Å². The molecular weight excluding hydrogens is 374 g/mol. The van der Waals surface area contributed by atoms with Gasteiger partial charge in [-0.15, -0.1) is 24.8 Å². The molecule has 2 aromatic rings. The van der Waals surface area contributed by atoms with E-state index in [9.17, 15) is 4.39 Å². The number of aromatic nitrogens is 2. The molecule has 0 bridgehead atoms. The molecule has 1 aliphatic rings. The Morgan fingerprint density at radius 2 is 1.92 bits per heavy atom. The van der Waals surface area contributed by atoms with Crippen molar-refractivity contribution < 1.29 is 4.39 Å². The van der Waals surface area contributed by atoms with Gasteiger partial charge < -0.3 is 5.73 Å². The lowest BCUT2D eigenvalue weighted by molar-refractivity contribution is 0.201. The molecule has 0 aliphatic carbocycles. The third kappa shape index (κ3) is 5.40. The normalized spacial score (nSPS) is 16.6. The van der Waals surface area contributed by atoms with Gasteiger partial charge in [0.2, 0.25) is 0 Å². The van der Waals surface area contributed by atoms with Crippen LogP contribution >= 0.6 is 24.8 Å². The van der Waals surface area contributed by atoms with Crippen molar-refractivity contribution >= 4 is 30.6 Å². The second-order valence-electron chi connectivity index (χ2n) is 6.15. The largest absolute Gasteiger partial charge is 0.383 e. The van der Waals surface area contributed by atoms with Gasteiger partial charge in [-0.05, 0) is 30.5 Å². The molecule has 0 saturated heterocycles. The van der Waals surface area contributed by atoms with Crippen LogP contribution in [0.5, 0.6) is 0 Å². The van der Waals surface area contributed by atoms with Crippen LogP contribution in [-0.2, 0) is 13.0 Å². The van der Waals surface area contributed by atoms with Gasteiger partial charge >= 0.3 is 0 Å². The summed E-state index contributed by atoms with van der Waals surface area (Å²) in [5.74, 6) is 1.15. The average molecular weight is 399 g/mol. The highest BCUT2D eigenvalue weighted by molar-refractivity contribution is 5.85. The van der Waals surface area contributed by atoms with E-state index < -0.39 is 0 Å². The molecule has 7 heteroatoms. The molecule has 1 unspecified atom stereocenters. The van der Waals surface area contributed by atoms with Crippen molar-refractivity contribution in [3.63, 3.8) is 0 Å². The molecule has 0 fully saturated rings. The number of nitrogen functional groups attached to an aromatic ring is 1. The first-order valence-electron chi connectivity index (χ1n) is 8.42. The molecule has 1 aliphatic heterocycles. The van der Waals surface area contributed by atoms with E-state index in [4.69, 9.17) is 5.73 Å².